The summed E-state index contributed by atoms with van der Waals surface area (Å²) in [6.07, 6.45) is 5.45. The Morgan fingerprint density at radius 3 is 2.65 bits per heavy atom. The Hall–Kier alpha value is -1.84. The summed E-state index contributed by atoms with van der Waals surface area (Å²) in [5.41, 5.74) is 4.50. The maximum atomic E-state index is 11.0. The summed E-state index contributed by atoms with van der Waals surface area (Å²) >= 11 is 0. The summed E-state index contributed by atoms with van der Waals surface area (Å²) in [6, 6.07) is 17.9. The van der Waals surface area contributed by atoms with Gasteiger partial charge in [-0.25, -0.2) is 0 Å². The Kier molecular flexibility index (Phi) is 5.60. The molecule has 3 nitrogen and oxygen atoms in total. The molecule has 166 valence electrons. The molecule has 2 aromatic rings. The maximum Gasteiger partial charge on any atom is 0.119 e. The SMILES string of the molecule is CN(C)CCOc1ccc2c(c1)CC[C@@H]1[C@@H]2[C@@H](c2ccccc2)C[C@]2(C)[C@@H](O)CC[C@@H]12. The average molecular weight is 420 g/mol. The molecule has 3 heteroatoms. The van der Waals surface area contributed by atoms with E-state index in [1.54, 1.807) is 0 Å². The van der Waals surface area contributed by atoms with Crippen LogP contribution in [-0.4, -0.2) is 43.4 Å². The quantitative estimate of drug-likeness (QED) is 0.720. The Morgan fingerprint density at radius 1 is 1.06 bits per heavy atom. The van der Waals surface area contributed by atoms with Crippen molar-refractivity contribution in [2.75, 3.05) is 27.2 Å². The summed E-state index contributed by atoms with van der Waals surface area (Å²) < 4.78 is 6.06. The lowest BCUT2D eigenvalue weighted by Crippen LogP contribution is -2.47. The summed E-state index contributed by atoms with van der Waals surface area (Å²) in [6.45, 7) is 4.03. The van der Waals surface area contributed by atoms with Gasteiger partial charge in [-0.1, -0.05) is 43.3 Å². The first-order valence-electron chi connectivity index (χ1n) is 12.1. The van der Waals surface area contributed by atoms with Crippen LogP contribution >= 0.6 is 0 Å². The molecule has 2 saturated carbocycles. The summed E-state index contributed by atoms with van der Waals surface area (Å²) in [5, 5.41) is 11.0. The van der Waals surface area contributed by atoms with E-state index in [-0.39, 0.29) is 11.5 Å². The fourth-order valence-electron chi connectivity index (χ4n) is 7.12. The number of aliphatic hydroxyl groups excluding tert-OH is 1. The third-order valence-electron chi connectivity index (χ3n) is 8.69. The second kappa shape index (κ2) is 8.26. The minimum absolute atomic E-state index is 0.0500. The number of nitrogens with zero attached hydrogens (tertiary/aromatic N) is 1. The van der Waals surface area contributed by atoms with Crippen molar-refractivity contribution in [1.82, 2.24) is 4.90 Å². The van der Waals surface area contributed by atoms with Crippen LogP contribution in [0.3, 0.4) is 0 Å². The van der Waals surface area contributed by atoms with Crippen LogP contribution in [0.2, 0.25) is 0 Å². The van der Waals surface area contributed by atoms with Crippen molar-refractivity contribution in [2.24, 2.45) is 17.3 Å². The zero-order valence-electron chi connectivity index (χ0n) is 19.3. The fourth-order valence-corrected chi connectivity index (χ4v) is 7.12. The molecule has 6 atom stereocenters. The molecule has 0 bridgehead atoms. The maximum absolute atomic E-state index is 11.0. The zero-order chi connectivity index (χ0) is 21.6. The highest BCUT2D eigenvalue weighted by Gasteiger charge is 2.57. The number of aryl methyl sites for hydroxylation is 1. The molecule has 0 radical (unpaired) electrons. The van der Waals surface area contributed by atoms with Gasteiger partial charge in [-0.15, -0.1) is 0 Å². The topological polar surface area (TPSA) is 32.7 Å². The molecule has 31 heavy (non-hydrogen) atoms. The zero-order valence-corrected chi connectivity index (χ0v) is 19.3. The molecule has 0 unspecified atom stereocenters. The first-order valence-corrected chi connectivity index (χ1v) is 12.1. The van der Waals surface area contributed by atoms with Gasteiger partial charge >= 0.3 is 0 Å². The van der Waals surface area contributed by atoms with Gasteiger partial charge in [0.15, 0.2) is 0 Å². The molecule has 0 aliphatic heterocycles. The summed E-state index contributed by atoms with van der Waals surface area (Å²) in [7, 11) is 4.16. The first kappa shape index (κ1) is 21.0. The van der Waals surface area contributed by atoms with Gasteiger partial charge in [0.2, 0.25) is 0 Å². The Bertz CT molecular complexity index is 910. The molecule has 2 aromatic carbocycles. The number of ether oxygens (including phenoxy) is 1. The molecule has 0 saturated heterocycles. The van der Waals surface area contributed by atoms with Gasteiger partial charge in [0.05, 0.1) is 6.10 Å². The third-order valence-corrected chi connectivity index (χ3v) is 8.69. The lowest BCUT2D eigenvalue weighted by atomic mass is 9.51. The first-order chi connectivity index (χ1) is 15.0. The molecule has 3 aliphatic carbocycles. The molecule has 5 rings (SSSR count). The Morgan fingerprint density at radius 2 is 1.87 bits per heavy atom. The van der Waals surface area contributed by atoms with Crippen LogP contribution in [0.25, 0.3) is 0 Å². The molecule has 0 amide bonds. The van der Waals surface area contributed by atoms with E-state index in [1.807, 2.05) is 0 Å². The van der Waals surface area contributed by atoms with Crippen LogP contribution in [0.5, 0.6) is 5.75 Å². The number of fused-ring (bicyclic) bond motifs is 5. The molecular weight excluding hydrogens is 382 g/mol. The lowest BCUT2D eigenvalue weighted by molar-refractivity contribution is -0.0322. The number of rotatable bonds is 5. The molecule has 0 spiro atoms. The van der Waals surface area contributed by atoms with Crippen molar-refractivity contribution in [2.45, 2.75) is 57.0 Å². The van der Waals surface area contributed by atoms with Crippen LogP contribution in [0, 0.1) is 17.3 Å². The largest absolute Gasteiger partial charge is 0.492 e. The van der Waals surface area contributed by atoms with E-state index in [2.05, 4.69) is 74.4 Å². The van der Waals surface area contributed by atoms with Crippen LogP contribution in [0.4, 0.5) is 0 Å². The van der Waals surface area contributed by atoms with E-state index >= 15 is 0 Å². The van der Waals surface area contributed by atoms with Crippen molar-refractivity contribution >= 4 is 0 Å². The second-order valence-corrected chi connectivity index (χ2v) is 10.7. The van der Waals surface area contributed by atoms with E-state index in [9.17, 15) is 5.11 Å². The van der Waals surface area contributed by atoms with E-state index < -0.39 is 0 Å². The van der Waals surface area contributed by atoms with E-state index in [1.165, 1.54) is 29.5 Å². The van der Waals surface area contributed by atoms with Gasteiger partial charge < -0.3 is 14.7 Å². The van der Waals surface area contributed by atoms with Gasteiger partial charge in [-0.3, -0.25) is 0 Å². The van der Waals surface area contributed by atoms with Gasteiger partial charge in [0.25, 0.3) is 0 Å². The highest BCUT2D eigenvalue weighted by atomic mass is 16.5. The van der Waals surface area contributed by atoms with Crippen molar-refractivity contribution in [3.8, 4) is 5.75 Å². The molecule has 0 aromatic heterocycles. The standard InChI is InChI=1S/C28H37NO2/c1-28-18-24(19-7-5-4-6-8-19)27-22-12-10-21(31-16-15-29(2)3)17-20(22)9-11-23(27)25(28)13-14-26(28)30/h4-8,10,12,17,23-27,30H,9,11,13-16,18H2,1-3H3/t23-,24+,25-,26-,27+,28-/m0/s1. The highest BCUT2D eigenvalue weighted by molar-refractivity contribution is 5.43. The predicted octanol–water partition coefficient (Wildman–Crippen LogP) is 5.24. The van der Waals surface area contributed by atoms with Gasteiger partial charge in [-0.2, -0.15) is 0 Å². The van der Waals surface area contributed by atoms with Crippen LogP contribution in [0.15, 0.2) is 48.5 Å². The van der Waals surface area contributed by atoms with Crippen molar-refractivity contribution in [1.29, 1.82) is 0 Å². The minimum atomic E-state index is -0.154. The second-order valence-electron chi connectivity index (χ2n) is 10.7. The molecule has 0 heterocycles. The summed E-state index contributed by atoms with van der Waals surface area (Å²) in [4.78, 5) is 2.16. The third kappa shape index (κ3) is 3.70. The number of hydrogen-bond donors (Lipinski definition) is 1. The lowest BCUT2D eigenvalue weighted by Gasteiger charge is -2.54. The molecule has 3 aliphatic rings. The smallest absolute Gasteiger partial charge is 0.119 e. The monoisotopic (exact) mass is 419 g/mol. The van der Waals surface area contributed by atoms with E-state index in [4.69, 9.17) is 4.74 Å². The van der Waals surface area contributed by atoms with Crippen LogP contribution < -0.4 is 4.74 Å². The minimum Gasteiger partial charge on any atom is -0.492 e. The molecule has 2 fully saturated rings. The van der Waals surface area contributed by atoms with Gasteiger partial charge in [0.1, 0.15) is 12.4 Å². The summed E-state index contributed by atoms with van der Waals surface area (Å²) in [5.74, 6) is 3.32. The number of benzene rings is 2. The molecule has 1 N–H and O–H groups in total. The fraction of sp³-hybridized carbons (Fsp3) is 0.571. The predicted molar refractivity (Wildman–Crippen MR) is 126 cm³/mol. The molecular formula is C28H37NO2. The van der Waals surface area contributed by atoms with Crippen molar-refractivity contribution in [3.05, 3.63) is 65.2 Å². The average Bonchev–Trinajstić information content (AvgIpc) is 3.07. The van der Waals surface area contributed by atoms with Gasteiger partial charge in [-0.05, 0) is 104 Å². The van der Waals surface area contributed by atoms with E-state index in [0.717, 1.165) is 38.2 Å². The highest BCUT2D eigenvalue weighted by Crippen LogP contribution is 2.65. The van der Waals surface area contributed by atoms with Crippen molar-refractivity contribution < 1.29 is 9.84 Å². The number of aliphatic hydroxyl groups is 1. The number of hydrogen-bond acceptors (Lipinski definition) is 3. The Balaban J connectivity index is 1.50. The Labute approximate surface area is 187 Å². The van der Waals surface area contributed by atoms with Gasteiger partial charge in [0, 0.05) is 6.54 Å². The normalized spacial score (nSPS) is 34.2. The van der Waals surface area contributed by atoms with Crippen molar-refractivity contribution in [3.63, 3.8) is 0 Å². The van der Waals surface area contributed by atoms with E-state index in [0.29, 0.717) is 23.7 Å². The number of likely N-dealkylation sites (N-methyl/N-ethyl adjacent to an activating group) is 1. The van der Waals surface area contributed by atoms with Crippen LogP contribution in [0.1, 0.15) is 61.1 Å². The van der Waals surface area contributed by atoms with Crippen LogP contribution in [-0.2, 0) is 6.42 Å².